The van der Waals surface area contributed by atoms with E-state index in [4.69, 9.17) is 55.5 Å². The van der Waals surface area contributed by atoms with Crippen LogP contribution < -0.4 is 0 Å². The summed E-state index contributed by atoms with van der Waals surface area (Å²) in [6.45, 7) is 2.90. The number of alkyl halides is 3. The third-order valence-corrected chi connectivity index (χ3v) is 7.19. The Kier molecular flexibility index (Phi) is 8.04. The average molecular weight is 457 g/mol. The average Bonchev–Trinajstić information content (AvgIpc) is 2.44. The molecule has 0 aliphatic heterocycles. The lowest BCUT2D eigenvalue weighted by molar-refractivity contribution is 0.232. The summed E-state index contributed by atoms with van der Waals surface area (Å²) < 4.78 is 48.7. The van der Waals surface area contributed by atoms with Crippen molar-refractivity contribution in [1.82, 2.24) is 0 Å². The van der Waals surface area contributed by atoms with Crippen molar-refractivity contribution in [3.05, 3.63) is 29.3 Å². The molecule has 0 atom stereocenters. The highest BCUT2D eigenvalue weighted by atomic mass is 35.6. The molecule has 0 amide bonds. The van der Waals surface area contributed by atoms with Crippen molar-refractivity contribution in [3.63, 3.8) is 0 Å². The quantitative estimate of drug-likeness (QED) is 0.325. The molecule has 0 spiro atoms. The van der Waals surface area contributed by atoms with E-state index in [0.29, 0.717) is 5.02 Å². The highest BCUT2D eigenvalue weighted by Gasteiger charge is 2.46. The van der Waals surface area contributed by atoms with Gasteiger partial charge in [0.1, 0.15) is 0 Å². The Morgan fingerprint density at radius 1 is 1.12 bits per heavy atom. The lowest BCUT2D eigenvalue weighted by Gasteiger charge is -2.22. The van der Waals surface area contributed by atoms with E-state index < -0.39 is 26.9 Å². The molecule has 1 aromatic carbocycles. The molecule has 0 N–H and O–H groups in total. The van der Waals surface area contributed by atoms with Crippen molar-refractivity contribution < 1.29 is 22.0 Å². The van der Waals surface area contributed by atoms with Gasteiger partial charge in [0, 0.05) is 5.02 Å². The molecular weight excluding hydrogens is 443 g/mol. The van der Waals surface area contributed by atoms with Crippen molar-refractivity contribution >= 4 is 69.5 Å². The van der Waals surface area contributed by atoms with E-state index in [9.17, 15) is 13.0 Å². The molecule has 6 nitrogen and oxygen atoms in total. The summed E-state index contributed by atoms with van der Waals surface area (Å²) in [4.78, 5) is -0.224. The molecule has 0 aliphatic rings. The van der Waals surface area contributed by atoms with E-state index >= 15 is 0 Å². The summed E-state index contributed by atoms with van der Waals surface area (Å²) in [5.74, 6) is 0. The smallest absolute Gasteiger partial charge is 0.305 e. The van der Waals surface area contributed by atoms with Gasteiger partial charge < -0.3 is 9.05 Å². The SMILES string of the molecule is CCOP(=O)(OCC)/C(=N\S(=O)(=O)c1ccc(Cl)cc1)C(Cl)(Cl)Cl. The summed E-state index contributed by atoms with van der Waals surface area (Å²) in [6.07, 6.45) is 0. The number of hydrogen-bond acceptors (Lipinski definition) is 5. The van der Waals surface area contributed by atoms with Crippen molar-refractivity contribution in [2.45, 2.75) is 22.5 Å². The van der Waals surface area contributed by atoms with Crippen LogP contribution >= 0.6 is 54.0 Å². The Morgan fingerprint density at radius 3 is 1.96 bits per heavy atom. The molecule has 0 aliphatic carbocycles. The monoisotopic (exact) mass is 455 g/mol. The van der Waals surface area contributed by atoms with Gasteiger partial charge in [-0.3, -0.25) is 4.57 Å². The molecule has 1 rings (SSSR count). The first-order valence-corrected chi connectivity index (χ1v) is 11.0. The van der Waals surface area contributed by atoms with Crippen LogP contribution in [0.3, 0.4) is 0 Å². The summed E-state index contributed by atoms with van der Waals surface area (Å²) in [6, 6.07) is 5.13. The molecule has 136 valence electrons. The molecule has 24 heavy (non-hydrogen) atoms. The Hall–Kier alpha value is 0.150. The standard InChI is InChI=1S/C12H14Cl4NO5PS/c1-3-21-23(18,22-4-2)11(12(14,15)16)17-24(19,20)10-7-5-9(13)6-8-10/h5-8H,3-4H2,1-2H3/b17-11-. The predicted octanol–water partition coefficient (Wildman–Crippen LogP) is 5.06. The first-order valence-electron chi connectivity index (χ1n) is 6.53. The Bertz CT molecular complexity index is 736. The van der Waals surface area contributed by atoms with Crippen LogP contribution in [0.15, 0.2) is 33.6 Å². The van der Waals surface area contributed by atoms with Gasteiger partial charge in [-0.05, 0) is 38.1 Å². The van der Waals surface area contributed by atoms with Crippen LogP contribution in [-0.4, -0.2) is 30.9 Å². The minimum Gasteiger partial charge on any atom is -0.305 e. The fraction of sp³-hybridized carbons (Fsp3) is 0.417. The highest BCUT2D eigenvalue weighted by Crippen LogP contribution is 2.56. The number of rotatable bonds is 7. The van der Waals surface area contributed by atoms with E-state index in [0.717, 1.165) is 0 Å². The number of sulfonamides is 1. The molecule has 1 aromatic rings. The summed E-state index contributed by atoms with van der Waals surface area (Å²) in [5, 5.41) is 0.328. The maximum Gasteiger partial charge on any atom is 0.380 e. The number of nitrogens with zero attached hydrogens (tertiary/aromatic N) is 1. The molecule has 0 unspecified atom stereocenters. The van der Waals surface area contributed by atoms with Crippen LogP contribution in [0.5, 0.6) is 0 Å². The van der Waals surface area contributed by atoms with E-state index in [1.807, 2.05) is 0 Å². The van der Waals surface area contributed by atoms with E-state index in [-0.39, 0.29) is 18.1 Å². The maximum absolute atomic E-state index is 12.8. The molecular formula is C12H14Cl4NO5PS. The summed E-state index contributed by atoms with van der Waals surface area (Å²) in [5.41, 5.74) is -0.835. The maximum atomic E-state index is 12.8. The number of benzene rings is 1. The zero-order valence-corrected chi connectivity index (χ0v) is 17.3. The fourth-order valence-electron chi connectivity index (χ4n) is 1.53. The zero-order chi connectivity index (χ0) is 18.6. The Morgan fingerprint density at radius 2 is 1.58 bits per heavy atom. The fourth-order valence-corrected chi connectivity index (χ4v) is 5.85. The second kappa shape index (κ2) is 8.69. The van der Waals surface area contributed by atoms with Gasteiger partial charge >= 0.3 is 7.60 Å². The third kappa shape index (κ3) is 5.85. The van der Waals surface area contributed by atoms with Crippen LogP contribution in [0.2, 0.25) is 5.02 Å². The van der Waals surface area contributed by atoms with Gasteiger partial charge in [0.05, 0.1) is 18.1 Å². The normalized spacial score (nSPS) is 14.0. The molecule has 0 fully saturated rings. The third-order valence-electron chi connectivity index (χ3n) is 2.43. The lowest BCUT2D eigenvalue weighted by atomic mass is 10.4. The van der Waals surface area contributed by atoms with E-state index in [2.05, 4.69) is 4.40 Å². The first-order chi connectivity index (χ1) is 11.0. The van der Waals surface area contributed by atoms with Gasteiger partial charge in [0.15, 0.2) is 5.45 Å². The molecule has 0 radical (unpaired) electrons. The number of hydrogen-bond donors (Lipinski definition) is 0. The van der Waals surface area contributed by atoms with Crippen LogP contribution in [-0.2, 0) is 23.6 Å². The largest absolute Gasteiger partial charge is 0.380 e. The second-order valence-corrected chi connectivity index (χ2v) is 10.4. The van der Waals surface area contributed by atoms with Crippen LogP contribution in [0.4, 0.5) is 0 Å². The van der Waals surface area contributed by atoms with Gasteiger partial charge in [-0.15, -0.1) is 0 Å². The first kappa shape index (κ1) is 22.2. The van der Waals surface area contributed by atoms with Crippen LogP contribution in [0, 0.1) is 0 Å². The molecule has 0 saturated carbocycles. The van der Waals surface area contributed by atoms with Gasteiger partial charge in [-0.1, -0.05) is 46.4 Å². The molecule has 0 aromatic heterocycles. The van der Waals surface area contributed by atoms with Crippen LogP contribution in [0.25, 0.3) is 0 Å². The van der Waals surface area contributed by atoms with Gasteiger partial charge in [0.2, 0.25) is 3.79 Å². The predicted molar refractivity (Wildman–Crippen MR) is 97.2 cm³/mol. The van der Waals surface area contributed by atoms with E-state index in [1.165, 1.54) is 38.1 Å². The van der Waals surface area contributed by atoms with Gasteiger partial charge in [-0.2, -0.15) is 12.8 Å². The minimum absolute atomic E-state index is 0.0714. The Labute approximate surface area is 160 Å². The van der Waals surface area contributed by atoms with Gasteiger partial charge in [-0.25, -0.2) is 0 Å². The number of halogens is 4. The van der Waals surface area contributed by atoms with Crippen molar-refractivity contribution in [2.75, 3.05) is 13.2 Å². The van der Waals surface area contributed by atoms with Gasteiger partial charge in [0.25, 0.3) is 10.0 Å². The molecule has 0 heterocycles. The van der Waals surface area contributed by atoms with Crippen molar-refractivity contribution in [3.8, 4) is 0 Å². The molecule has 0 bridgehead atoms. The second-order valence-electron chi connectivity index (χ2n) is 4.17. The summed E-state index contributed by atoms with van der Waals surface area (Å²) in [7, 11) is -8.56. The van der Waals surface area contributed by atoms with E-state index in [1.54, 1.807) is 0 Å². The lowest BCUT2D eigenvalue weighted by Crippen LogP contribution is -2.23. The summed E-state index contributed by atoms with van der Waals surface area (Å²) >= 11 is 23.0. The minimum atomic E-state index is -4.34. The zero-order valence-electron chi connectivity index (χ0n) is 12.6. The molecule has 12 heteroatoms. The Balaban J connectivity index is 3.52. The highest BCUT2D eigenvalue weighted by molar-refractivity contribution is 7.91. The topological polar surface area (TPSA) is 82.0 Å². The van der Waals surface area contributed by atoms with Crippen molar-refractivity contribution in [2.24, 2.45) is 4.40 Å². The van der Waals surface area contributed by atoms with Crippen LogP contribution in [0.1, 0.15) is 13.8 Å². The molecule has 0 saturated heterocycles. The van der Waals surface area contributed by atoms with Crippen molar-refractivity contribution in [1.29, 1.82) is 0 Å².